The molecule has 0 unspecified atom stereocenters. The van der Waals surface area contributed by atoms with Gasteiger partial charge in [-0.2, -0.15) is 8.78 Å². The molecular formula is C25H21ClF3N7O4. The van der Waals surface area contributed by atoms with E-state index in [0.717, 1.165) is 23.5 Å². The number of aryl methyl sites for hydroxylation is 1. The number of benzene rings is 1. The van der Waals surface area contributed by atoms with Gasteiger partial charge in [0.25, 0.3) is 11.5 Å². The van der Waals surface area contributed by atoms with Crippen LogP contribution < -0.4 is 21.5 Å². The first kappa shape index (κ1) is 27.0. The number of hydrogen-bond acceptors (Lipinski definition) is 7. The predicted octanol–water partition coefficient (Wildman–Crippen LogP) is 2.91. The fourth-order valence-electron chi connectivity index (χ4n) is 4.62. The topological polar surface area (TPSA) is 148 Å². The minimum absolute atomic E-state index is 0.0284. The van der Waals surface area contributed by atoms with Crippen LogP contribution in [0.15, 0.2) is 29.5 Å². The summed E-state index contributed by atoms with van der Waals surface area (Å²) >= 11 is 6.05. The highest BCUT2D eigenvalue weighted by Gasteiger charge is 2.26. The van der Waals surface area contributed by atoms with Crippen molar-refractivity contribution in [3.05, 3.63) is 63.2 Å². The van der Waals surface area contributed by atoms with Gasteiger partial charge in [0.05, 0.1) is 23.0 Å². The van der Waals surface area contributed by atoms with Crippen molar-refractivity contribution in [2.75, 3.05) is 23.3 Å². The molecule has 1 aliphatic heterocycles. The van der Waals surface area contributed by atoms with Crippen LogP contribution in [0.4, 0.5) is 24.7 Å². The summed E-state index contributed by atoms with van der Waals surface area (Å²) in [7, 11) is 1.38. The van der Waals surface area contributed by atoms with Crippen LogP contribution in [0, 0.1) is 17.6 Å². The second kappa shape index (κ2) is 10.2. The fourth-order valence-corrected chi connectivity index (χ4v) is 4.76. The SMILES string of the molecule is Cn1cnc2c(c(-c3cc(C(N)=O)c(O)c(F)c3F)cn2CC(=O)Nc2cc(N3CCCC3)nc(F)c2Cl)c1=O. The van der Waals surface area contributed by atoms with E-state index in [1.54, 1.807) is 0 Å². The Balaban J connectivity index is 1.57. The van der Waals surface area contributed by atoms with Crippen LogP contribution in [0.25, 0.3) is 22.2 Å². The number of primary amides is 1. The van der Waals surface area contributed by atoms with E-state index in [0.29, 0.717) is 18.9 Å². The molecule has 208 valence electrons. The number of anilines is 2. The first-order chi connectivity index (χ1) is 19.0. The van der Waals surface area contributed by atoms with Crippen molar-refractivity contribution in [2.45, 2.75) is 19.4 Å². The molecule has 0 bridgehead atoms. The Kier molecular flexibility index (Phi) is 6.87. The van der Waals surface area contributed by atoms with E-state index in [9.17, 15) is 32.7 Å². The quantitative estimate of drug-likeness (QED) is 0.299. The van der Waals surface area contributed by atoms with Crippen LogP contribution in [-0.4, -0.2) is 49.1 Å². The van der Waals surface area contributed by atoms with Crippen LogP contribution in [0.2, 0.25) is 5.02 Å². The molecule has 0 spiro atoms. The highest BCUT2D eigenvalue weighted by Crippen LogP contribution is 2.36. The first-order valence-corrected chi connectivity index (χ1v) is 12.3. The third-order valence-corrected chi connectivity index (χ3v) is 6.96. The lowest BCUT2D eigenvalue weighted by molar-refractivity contribution is -0.116. The maximum Gasteiger partial charge on any atom is 0.263 e. The zero-order chi connectivity index (χ0) is 28.9. The lowest BCUT2D eigenvalue weighted by atomic mass is 10.0. The molecule has 11 nitrogen and oxygen atoms in total. The van der Waals surface area contributed by atoms with Gasteiger partial charge in [-0.05, 0) is 18.9 Å². The minimum atomic E-state index is -1.74. The largest absolute Gasteiger partial charge is 0.504 e. The van der Waals surface area contributed by atoms with Gasteiger partial charge in [-0.15, -0.1) is 0 Å². The Labute approximate surface area is 228 Å². The highest BCUT2D eigenvalue weighted by atomic mass is 35.5. The van der Waals surface area contributed by atoms with Gasteiger partial charge in [0.15, 0.2) is 11.6 Å². The van der Waals surface area contributed by atoms with Gasteiger partial charge in [0, 0.05) is 43.5 Å². The molecule has 0 aliphatic carbocycles. The van der Waals surface area contributed by atoms with E-state index in [1.165, 1.54) is 30.2 Å². The number of rotatable bonds is 6. The molecule has 0 atom stereocenters. The van der Waals surface area contributed by atoms with E-state index in [-0.39, 0.29) is 22.3 Å². The second-order valence-corrected chi connectivity index (χ2v) is 9.60. The molecule has 40 heavy (non-hydrogen) atoms. The maximum atomic E-state index is 15.0. The van der Waals surface area contributed by atoms with Crippen molar-refractivity contribution >= 4 is 46.0 Å². The number of amides is 2. The number of fused-ring (bicyclic) bond motifs is 1. The number of pyridine rings is 1. The number of nitrogens with zero attached hydrogens (tertiary/aromatic N) is 5. The van der Waals surface area contributed by atoms with Gasteiger partial charge in [0.2, 0.25) is 17.7 Å². The van der Waals surface area contributed by atoms with E-state index >= 15 is 0 Å². The monoisotopic (exact) mass is 575 g/mol. The Hall–Kier alpha value is -4.59. The number of carbonyl (C=O) groups is 2. The van der Waals surface area contributed by atoms with E-state index in [2.05, 4.69) is 15.3 Å². The smallest absolute Gasteiger partial charge is 0.263 e. The van der Waals surface area contributed by atoms with Gasteiger partial charge < -0.3 is 30.2 Å². The number of phenols is 1. The lowest BCUT2D eigenvalue weighted by Crippen LogP contribution is -2.22. The highest BCUT2D eigenvalue weighted by molar-refractivity contribution is 6.33. The van der Waals surface area contributed by atoms with E-state index in [4.69, 9.17) is 17.3 Å². The molecule has 15 heteroatoms. The Morgan fingerprint density at radius 1 is 1.15 bits per heavy atom. The number of nitrogens with one attached hydrogen (secondary N) is 1. The van der Waals surface area contributed by atoms with Gasteiger partial charge in [0.1, 0.15) is 23.0 Å². The molecular weight excluding hydrogens is 555 g/mol. The molecule has 0 saturated carbocycles. The van der Waals surface area contributed by atoms with Crippen LogP contribution in [0.1, 0.15) is 23.2 Å². The van der Waals surface area contributed by atoms with E-state index < -0.39 is 63.4 Å². The Morgan fingerprint density at radius 3 is 2.52 bits per heavy atom. The minimum Gasteiger partial charge on any atom is -0.504 e. The maximum absolute atomic E-state index is 15.0. The average molecular weight is 576 g/mol. The van der Waals surface area contributed by atoms with Gasteiger partial charge in [-0.3, -0.25) is 14.4 Å². The number of carbonyl (C=O) groups excluding carboxylic acids is 2. The molecule has 0 radical (unpaired) electrons. The summed E-state index contributed by atoms with van der Waals surface area (Å²) in [5, 5.41) is 11.8. The molecule has 4 aromatic rings. The van der Waals surface area contributed by atoms with Crippen molar-refractivity contribution in [3.8, 4) is 16.9 Å². The Bertz CT molecular complexity index is 1770. The van der Waals surface area contributed by atoms with Crippen molar-refractivity contribution in [2.24, 2.45) is 12.8 Å². The third-order valence-electron chi connectivity index (χ3n) is 6.60. The number of hydrogen-bond donors (Lipinski definition) is 3. The summed E-state index contributed by atoms with van der Waals surface area (Å²) in [5.41, 5.74) is 2.96. The molecule has 1 aromatic carbocycles. The molecule has 1 aliphatic rings. The summed E-state index contributed by atoms with van der Waals surface area (Å²) in [6.07, 6.45) is 4.16. The normalized spacial score (nSPS) is 13.3. The standard InChI is InChI=1S/C25H21ClF3N7O4/c1-34-10-31-24-17(25(34)40)13(11-6-12(23(30)39)21(38)20(28)19(11)27)8-36(24)9-16(37)32-14-7-15(33-22(29)18(14)26)35-4-2-3-5-35/h6-8,10,38H,2-5,9H2,1H3,(H2,30,39)(H,32,33,37). The summed E-state index contributed by atoms with van der Waals surface area (Å²) < 4.78 is 46.2. The molecule has 1 saturated heterocycles. The van der Waals surface area contributed by atoms with Crippen LogP contribution in [0.3, 0.4) is 0 Å². The van der Waals surface area contributed by atoms with E-state index in [1.807, 2.05) is 4.90 Å². The van der Waals surface area contributed by atoms with Crippen molar-refractivity contribution < 1.29 is 27.9 Å². The molecule has 5 rings (SSSR count). The number of halogens is 4. The zero-order valence-corrected chi connectivity index (χ0v) is 21.6. The molecule has 2 amide bonds. The number of nitrogens with two attached hydrogens (primary N) is 1. The average Bonchev–Trinajstić information content (AvgIpc) is 3.56. The van der Waals surface area contributed by atoms with Crippen LogP contribution in [-0.2, 0) is 18.4 Å². The number of aromatic hydroxyl groups is 1. The van der Waals surface area contributed by atoms with Gasteiger partial charge in [-0.25, -0.2) is 14.4 Å². The molecule has 1 fully saturated rings. The summed E-state index contributed by atoms with van der Waals surface area (Å²) in [6.45, 7) is 0.846. The number of aromatic nitrogens is 4. The first-order valence-electron chi connectivity index (χ1n) is 11.9. The zero-order valence-electron chi connectivity index (χ0n) is 20.8. The summed E-state index contributed by atoms with van der Waals surface area (Å²) in [4.78, 5) is 47.7. The fraction of sp³-hybridized carbons (Fsp3) is 0.240. The van der Waals surface area contributed by atoms with Crippen molar-refractivity contribution in [3.63, 3.8) is 0 Å². The van der Waals surface area contributed by atoms with Crippen molar-refractivity contribution in [1.29, 1.82) is 0 Å². The molecule has 4 N–H and O–H groups in total. The predicted molar refractivity (Wildman–Crippen MR) is 140 cm³/mol. The van der Waals surface area contributed by atoms with Gasteiger partial charge >= 0.3 is 0 Å². The van der Waals surface area contributed by atoms with Gasteiger partial charge in [-0.1, -0.05) is 11.6 Å². The molecule has 3 aromatic heterocycles. The molecule has 4 heterocycles. The van der Waals surface area contributed by atoms with Crippen LogP contribution in [0.5, 0.6) is 5.75 Å². The van der Waals surface area contributed by atoms with Crippen LogP contribution >= 0.6 is 11.6 Å². The Morgan fingerprint density at radius 2 is 1.85 bits per heavy atom. The summed E-state index contributed by atoms with van der Waals surface area (Å²) in [5.74, 6) is -7.17. The second-order valence-electron chi connectivity index (χ2n) is 9.22. The summed E-state index contributed by atoms with van der Waals surface area (Å²) in [6, 6.07) is 2.25. The lowest BCUT2D eigenvalue weighted by Gasteiger charge is -2.18. The van der Waals surface area contributed by atoms with Crippen molar-refractivity contribution in [1.82, 2.24) is 19.1 Å². The third kappa shape index (κ3) is 4.59.